The van der Waals surface area contributed by atoms with E-state index >= 15 is 0 Å². The lowest BCUT2D eigenvalue weighted by Gasteiger charge is -2.39. The van der Waals surface area contributed by atoms with Crippen LogP contribution < -0.4 is 0 Å². The van der Waals surface area contributed by atoms with E-state index in [-0.39, 0.29) is 11.3 Å². The molecule has 0 amide bonds. The second-order valence-corrected chi connectivity index (χ2v) is 5.78. The third-order valence-electron chi connectivity index (χ3n) is 3.64. The Balaban J connectivity index is 2.12. The third-order valence-corrected chi connectivity index (χ3v) is 3.64. The fraction of sp³-hybridized carbons (Fsp3) is 0.909. The molecule has 74 valence electrons. The molecule has 1 spiro atoms. The minimum atomic E-state index is -0.584. The number of rotatable bonds is 1. The molecule has 0 aliphatic heterocycles. The van der Waals surface area contributed by atoms with E-state index < -0.39 is 5.97 Å². The summed E-state index contributed by atoms with van der Waals surface area (Å²) in [6.07, 6.45) is 5.57. The first kappa shape index (κ1) is 9.04. The van der Waals surface area contributed by atoms with E-state index in [0.717, 1.165) is 12.8 Å². The van der Waals surface area contributed by atoms with Crippen LogP contribution in [0.2, 0.25) is 0 Å². The van der Waals surface area contributed by atoms with Crippen molar-refractivity contribution >= 4 is 5.97 Å². The minimum absolute atomic E-state index is 0.0775. The van der Waals surface area contributed by atoms with Crippen molar-refractivity contribution in [3.63, 3.8) is 0 Å². The number of hydrogen-bond donors (Lipinski definition) is 1. The number of carboxylic acids is 1. The molecule has 1 unspecified atom stereocenters. The Morgan fingerprint density at radius 1 is 1.31 bits per heavy atom. The molecule has 0 bridgehead atoms. The molecule has 2 fully saturated rings. The number of carboxylic acid groups (broad SMARTS) is 1. The average molecular weight is 182 g/mol. The molecule has 0 radical (unpaired) electrons. The van der Waals surface area contributed by atoms with Crippen molar-refractivity contribution in [1.29, 1.82) is 0 Å². The zero-order valence-corrected chi connectivity index (χ0v) is 8.47. The quantitative estimate of drug-likeness (QED) is 0.677. The second kappa shape index (κ2) is 2.49. The Labute approximate surface area is 79.3 Å². The van der Waals surface area contributed by atoms with Gasteiger partial charge in [-0.05, 0) is 42.9 Å². The van der Waals surface area contributed by atoms with Gasteiger partial charge in [0, 0.05) is 0 Å². The van der Waals surface area contributed by atoms with E-state index in [1.165, 1.54) is 19.3 Å². The predicted molar refractivity (Wildman–Crippen MR) is 50.4 cm³/mol. The van der Waals surface area contributed by atoms with Crippen LogP contribution in [0.1, 0.15) is 46.0 Å². The topological polar surface area (TPSA) is 37.3 Å². The first-order valence-electron chi connectivity index (χ1n) is 5.15. The van der Waals surface area contributed by atoms with Crippen LogP contribution >= 0.6 is 0 Å². The Hall–Kier alpha value is -0.530. The Kier molecular flexibility index (Phi) is 1.73. The monoisotopic (exact) mass is 182 g/mol. The molecule has 1 atom stereocenters. The molecule has 13 heavy (non-hydrogen) atoms. The number of hydrogen-bond acceptors (Lipinski definition) is 1. The summed E-state index contributed by atoms with van der Waals surface area (Å²) in [6, 6.07) is 0. The van der Waals surface area contributed by atoms with E-state index in [9.17, 15) is 4.79 Å². The first-order chi connectivity index (χ1) is 5.93. The fourth-order valence-electron chi connectivity index (χ4n) is 3.15. The van der Waals surface area contributed by atoms with Gasteiger partial charge in [0.25, 0.3) is 0 Å². The van der Waals surface area contributed by atoms with Gasteiger partial charge in [-0.1, -0.05) is 13.8 Å². The summed E-state index contributed by atoms with van der Waals surface area (Å²) in [5.41, 5.74) is 0.683. The summed E-state index contributed by atoms with van der Waals surface area (Å²) in [7, 11) is 0. The number of carbonyl (C=O) groups is 1. The lowest BCUT2D eigenvalue weighted by molar-refractivity contribution is -0.145. The van der Waals surface area contributed by atoms with Crippen molar-refractivity contribution in [1.82, 2.24) is 0 Å². The Morgan fingerprint density at radius 3 is 2.38 bits per heavy atom. The highest BCUT2D eigenvalue weighted by molar-refractivity contribution is 5.70. The highest BCUT2D eigenvalue weighted by Gasteiger charge is 2.52. The van der Waals surface area contributed by atoms with Gasteiger partial charge in [-0.25, -0.2) is 0 Å². The highest BCUT2D eigenvalue weighted by Crippen LogP contribution is 2.62. The van der Waals surface area contributed by atoms with Crippen LogP contribution in [0.5, 0.6) is 0 Å². The molecule has 2 aliphatic rings. The molecule has 1 N–H and O–H groups in total. The molecule has 2 heteroatoms. The van der Waals surface area contributed by atoms with Crippen molar-refractivity contribution in [3.8, 4) is 0 Å². The van der Waals surface area contributed by atoms with Gasteiger partial charge in [-0.3, -0.25) is 4.79 Å². The molecule has 2 aliphatic carbocycles. The minimum Gasteiger partial charge on any atom is -0.481 e. The molecule has 0 saturated heterocycles. The van der Waals surface area contributed by atoms with Gasteiger partial charge in [0.05, 0.1) is 5.92 Å². The summed E-state index contributed by atoms with van der Waals surface area (Å²) < 4.78 is 0. The standard InChI is InChI=1S/C11H18O2/c1-10(2)5-8(9(12)13)6-11(7-10)3-4-11/h8H,3-7H2,1-2H3,(H,12,13). The maximum atomic E-state index is 11.0. The van der Waals surface area contributed by atoms with Crippen LogP contribution in [0.15, 0.2) is 0 Å². The molecule has 2 rings (SSSR count). The lowest BCUT2D eigenvalue weighted by Crippen LogP contribution is -2.33. The van der Waals surface area contributed by atoms with Crippen LogP contribution in [0.4, 0.5) is 0 Å². The van der Waals surface area contributed by atoms with E-state index in [1.807, 2.05) is 0 Å². The zero-order valence-electron chi connectivity index (χ0n) is 8.47. The maximum absolute atomic E-state index is 11.0. The van der Waals surface area contributed by atoms with Crippen molar-refractivity contribution in [2.75, 3.05) is 0 Å². The van der Waals surface area contributed by atoms with Crippen LogP contribution in [0, 0.1) is 16.7 Å². The number of aliphatic carboxylic acids is 1. The summed E-state index contributed by atoms with van der Waals surface area (Å²) in [5, 5.41) is 9.03. The van der Waals surface area contributed by atoms with Crippen LogP contribution in [0.3, 0.4) is 0 Å². The molecule has 0 aromatic heterocycles. The van der Waals surface area contributed by atoms with E-state index in [0.29, 0.717) is 5.41 Å². The third kappa shape index (κ3) is 1.72. The Bertz CT molecular complexity index is 232. The summed E-state index contributed by atoms with van der Waals surface area (Å²) in [5.74, 6) is -0.662. The van der Waals surface area contributed by atoms with Crippen molar-refractivity contribution in [3.05, 3.63) is 0 Å². The van der Waals surface area contributed by atoms with Crippen LogP contribution in [0.25, 0.3) is 0 Å². The van der Waals surface area contributed by atoms with Crippen molar-refractivity contribution in [2.45, 2.75) is 46.0 Å². The average Bonchev–Trinajstić information content (AvgIpc) is 2.64. The van der Waals surface area contributed by atoms with Gasteiger partial charge in [-0.2, -0.15) is 0 Å². The lowest BCUT2D eigenvalue weighted by atomic mass is 9.66. The highest BCUT2D eigenvalue weighted by atomic mass is 16.4. The fourth-order valence-corrected chi connectivity index (χ4v) is 3.15. The van der Waals surface area contributed by atoms with Gasteiger partial charge in [0.2, 0.25) is 0 Å². The normalized spacial score (nSPS) is 34.5. The summed E-state index contributed by atoms with van der Waals surface area (Å²) >= 11 is 0. The predicted octanol–water partition coefficient (Wildman–Crippen LogP) is 2.68. The molecule has 0 heterocycles. The van der Waals surface area contributed by atoms with Gasteiger partial charge in [0.1, 0.15) is 0 Å². The van der Waals surface area contributed by atoms with E-state index in [4.69, 9.17) is 5.11 Å². The van der Waals surface area contributed by atoms with Crippen LogP contribution in [-0.2, 0) is 4.79 Å². The summed E-state index contributed by atoms with van der Waals surface area (Å²) in [6.45, 7) is 4.42. The maximum Gasteiger partial charge on any atom is 0.306 e. The van der Waals surface area contributed by atoms with Crippen molar-refractivity contribution < 1.29 is 9.90 Å². The molecule has 0 aromatic carbocycles. The smallest absolute Gasteiger partial charge is 0.306 e. The first-order valence-corrected chi connectivity index (χ1v) is 5.15. The van der Waals surface area contributed by atoms with Crippen LogP contribution in [-0.4, -0.2) is 11.1 Å². The molecular formula is C11H18O2. The van der Waals surface area contributed by atoms with Gasteiger partial charge in [-0.15, -0.1) is 0 Å². The largest absolute Gasteiger partial charge is 0.481 e. The van der Waals surface area contributed by atoms with Crippen molar-refractivity contribution in [2.24, 2.45) is 16.7 Å². The molecule has 2 saturated carbocycles. The van der Waals surface area contributed by atoms with E-state index in [1.54, 1.807) is 0 Å². The second-order valence-electron chi connectivity index (χ2n) is 5.78. The molecule has 2 nitrogen and oxygen atoms in total. The SMILES string of the molecule is CC1(C)CC(C(=O)O)CC2(CC2)C1. The van der Waals surface area contributed by atoms with E-state index in [2.05, 4.69) is 13.8 Å². The Morgan fingerprint density at radius 2 is 1.92 bits per heavy atom. The van der Waals surface area contributed by atoms with Gasteiger partial charge in [0.15, 0.2) is 0 Å². The molecule has 0 aromatic rings. The van der Waals surface area contributed by atoms with Gasteiger partial charge < -0.3 is 5.11 Å². The molecular weight excluding hydrogens is 164 g/mol. The zero-order chi connectivity index (χ0) is 9.69. The van der Waals surface area contributed by atoms with Gasteiger partial charge >= 0.3 is 5.97 Å². The summed E-state index contributed by atoms with van der Waals surface area (Å²) in [4.78, 5) is 11.0.